The monoisotopic (exact) mass is 454 g/mol. The third kappa shape index (κ3) is 4.00. The maximum Gasteiger partial charge on any atom is 0.170 e. The first kappa shape index (κ1) is 21.3. The second kappa shape index (κ2) is 8.75. The van der Waals surface area contributed by atoms with Crippen LogP contribution in [0.3, 0.4) is 0 Å². The number of aromatic nitrogens is 4. The summed E-state index contributed by atoms with van der Waals surface area (Å²) < 4.78 is 2.21. The fourth-order valence-corrected chi connectivity index (χ4v) is 4.92. The van der Waals surface area contributed by atoms with Gasteiger partial charge in [-0.25, -0.2) is 4.98 Å². The van der Waals surface area contributed by atoms with Gasteiger partial charge in [0.15, 0.2) is 5.11 Å². The predicted octanol–water partition coefficient (Wildman–Crippen LogP) is 4.76. The van der Waals surface area contributed by atoms with Crippen molar-refractivity contribution >= 4 is 17.3 Å². The number of hydrogen-bond donors (Lipinski definition) is 1. The lowest BCUT2D eigenvalue weighted by Crippen LogP contribution is -2.29. The van der Waals surface area contributed by atoms with E-state index in [9.17, 15) is 0 Å². The van der Waals surface area contributed by atoms with E-state index >= 15 is 0 Å². The molecule has 4 aromatic rings. The van der Waals surface area contributed by atoms with Gasteiger partial charge in [0.25, 0.3) is 0 Å². The molecule has 0 unspecified atom stereocenters. The highest BCUT2D eigenvalue weighted by atomic mass is 32.1. The zero-order valence-corrected chi connectivity index (χ0v) is 19.8. The highest BCUT2D eigenvalue weighted by molar-refractivity contribution is 7.80. The van der Waals surface area contributed by atoms with Crippen molar-refractivity contribution in [3.63, 3.8) is 0 Å². The largest absolute Gasteiger partial charge is 0.352 e. The first-order chi connectivity index (χ1) is 16.0. The normalized spacial score (nSPS) is 17.9. The number of rotatable bonds is 5. The van der Waals surface area contributed by atoms with E-state index in [4.69, 9.17) is 12.2 Å². The van der Waals surface area contributed by atoms with Crippen molar-refractivity contribution in [3.8, 4) is 5.82 Å². The van der Waals surface area contributed by atoms with Gasteiger partial charge in [-0.05, 0) is 80.5 Å². The van der Waals surface area contributed by atoms with Crippen LogP contribution in [0, 0.1) is 20.8 Å². The molecule has 4 aromatic heterocycles. The Kier molecular flexibility index (Phi) is 5.64. The minimum Gasteiger partial charge on any atom is -0.352 e. The first-order valence-electron chi connectivity index (χ1n) is 11.0. The predicted molar refractivity (Wildman–Crippen MR) is 133 cm³/mol. The minimum absolute atomic E-state index is 0.0280. The van der Waals surface area contributed by atoms with Crippen LogP contribution in [0.1, 0.15) is 46.0 Å². The molecule has 1 saturated heterocycles. The van der Waals surface area contributed by atoms with Crippen LogP contribution in [-0.4, -0.2) is 29.5 Å². The van der Waals surface area contributed by atoms with Crippen LogP contribution in [0.25, 0.3) is 5.82 Å². The van der Waals surface area contributed by atoms with Gasteiger partial charge in [0.2, 0.25) is 0 Å². The van der Waals surface area contributed by atoms with Gasteiger partial charge in [0.05, 0.1) is 30.0 Å². The maximum absolute atomic E-state index is 5.82. The summed E-state index contributed by atoms with van der Waals surface area (Å²) in [6.45, 7) is 6.94. The Morgan fingerprint density at radius 3 is 2.39 bits per heavy atom. The van der Waals surface area contributed by atoms with Crippen LogP contribution in [0.2, 0.25) is 0 Å². The summed E-state index contributed by atoms with van der Waals surface area (Å²) in [5.74, 6) is 0.918. The van der Waals surface area contributed by atoms with Crippen molar-refractivity contribution in [3.05, 3.63) is 107 Å². The molecule has 0 aliphatic carbocycles. The summed E-state index contributed by atoms with van der Waals surface area (Å²) in [6.07, 6.45) is 5.56. The quantitative estimate of drug-likeness (QED) is 0.439. The van der Waals surface area contributed by atoms with Gasteiger partial charge < -0.3 is 14.8 Å². The van der Waals surface area contributed by atoms with Gasteiger partial charge in [-0.15, -0.1) is 0 Å². The SMILES string of the molecule is Cc1ccc(-n2c(C)cc([C@@H]3[C@@H](c4ccccn4)NC(=S)N3Cc3ccccn3)c2C)nc1. The van der Waals surface area contributed by atoms with Crippen LogP contribution in [0.5, 0.6) is 0 Å². The van der Waals surface area contributed by atoms with Crippen LogP contribution < -0.4 is 5.32 Å². The second-order valence-electron chi connectivity index (χ2n) is 8.43. The highest BCUT2D eigenvalue weighted by Gasteiger charge is 2.41. The number of hydrogen-bond acceptors (Lipinski definition) is 4. The van der Waals surface area contributed by atoms with Gasteiger partial charge >= 0.3 is 0 Å². The molecule has 33 heavy (non-hydrogen) atoms. The topological polar surface area (TPSA) is 58.9 Å². The van der Waals surface area contributed by atoms with E-state index in [1.165, 1.54) is 5.56 Å². The Labute approximate surface area is 199 Å². The average molecular weight is 455 g/mol. The van der Waals surface area contributed by atoms with Crippen molar-refractivity contribution in [2.24, 2.45) is 0 Å². The van der Waals surface area contributed by atoms with Crippen molar-refractivity contribution in [2.45, 2.75) is 39.4 Å². The van der Waals surface area contributed by atoms with E-state index in [2.05, 4.69) is 74.8 Å². The molecule has 5 heterocycles. The van der Waals surface area contributed by atoms with Gasteiger partial charge in [0, 0.05) is 30.0 Å². The van der Waals surface area contributed by atoms with Crippen LogP contribution in [-0.2, 0) is 6.54 Å². The molecule has 6 nitrogen and oxygen atoms in total. The molecule has 1 aliphatic rings. The highest BCUT2D eigenvalue weighted by Crippen LogP contribution is 2.41. The number of pyridine rings is 3. The van der Waals surface area contributed by atoms with Crippen LogP contribution in [0.4, 0.5) is 0 Å². The lowest BCUT2D eigenvalue weighted by atomic mass is 9.96. The molecule has 1 fully saturated rings. The van der Waals surface area contributed by atoms with Crippen LogP contribution in [0.15, 0.2) is 73.2 Å². The summed E-state index contributed by atoms with van der Waals surface area (Å²) >= 11 is 5.82. The Morgan fingerprint density at radius 1 is 0.939 bits per heavy atom. The van der Waals surface area contributed by atoms with Crippen molar-refractivity contribution in [1.82, 2.24) is 29.7 Å². The molecule has 0 bridgehead atoms. The molecule has 0 aromatic carbocycles. The Morgan fingerprint density at radius 2 is 1.73 bits per heavy atom. The number of thiocarbonyl (C=S) groups is 1. The van der Waals surface area contributed by atoms with Crippen molar-refractivity contribution < 1.29 is 0 Å². The smallest absolute Gasteiger partial charge is 0.170 e. The fourth-order valence-electron chi connectivity index (χ4n) is 4.61. The Balaban J connectivity index is 1.61. The van der Waals surface area contributed by atoms with E-state index in [1.807, 2.05) is 48.9 Å². The molecule has 7 heteroatoms. The standard InChI is InChI=1S/C26H26N6S/c1-17-10-11-23(29-15-17)32-18(2)14-21(19(32)3)25-24(22-9-5-7-13-28-22)30-26(33)31(25)16-20-8-4-6-12-27-20/h4-15,24-25H,16H2,1-3H3,(H,30,33)/t24-,25-/m1/s1. The summed E-state index contributed by atoms with van der Waals surface area (Å²) in [7, 11) is 0. The lowest BCUT2D eigenvalue weighted by molar-refractivity contribution is 0.307. The molecular weight excluding hydrogens is 428 g/mol. The molecule has 166 valence electrons. The molecule has 0 saturated carbocycles. The summed E-state index contributed by atoms with van der Waals surface area (Å²) in [5.41, 5.74) is 6.56. The van der Waals surface area contributed by atoms with Crippen molar-refractivity contribution in [1.29, 1.82) is 0 Å². The zero-order chi connectivity index (χ0) is 22.9. The molecule has 1 N–H and O–H groups in total. The van der Waals surface area contributed by atoms with E-state index in [0.29, 0.717) is 11.7 Å². The summed E-state index contributed by atoms with van der Waals surface area (Å²) in [5, 5.41) is 4.24. The van der Waals surface area contributed by atoms with Crippen molar-refractivity contribution in [2.75, 3.05) is 0 Å². The molecule has 0 spiro atoms. The van der Waals surface area contributed by atoms with E-state index < -0.39 is 0 Å². The molecule has 1 aliphatic heterocycles. The Hall–Kier alpha value is -3.58. The van der Waals surface area contributed by atoms with E-state index in [-0.39, 0.29) is 12.1 Å². The second-order valence-corrected chi connectivity index (χ2v) is 8.82. The number of nitrogens with one attached hydrogen (secondary N) is 1. The fraction of sp³-hybridized carbons (Fsp3) is 0.231. The molecule has 0 radical (unpaired) electrons. The van der Waals surface area contributed by atoms with E-state index in [1.54, 1.807) is 0 Å². The summed E-state index contributed by atoms with van der Waals surface area (Å²) in [4.78, 5) is 16.1. The van der Waals surface area contributed by atoms with Gasteiger partial charge in [0.1, 0.15) is 5.82 Å². The minimum atomic E-state index is -0.0673. The Bertz CT molecular complexity index is 1270. The third-order valence-corrected chi connectivity index (χ3v) is 6.52. The molecule has 5 rings (SSSR count). The lowest BCUT2D eigenvalue weighted by Gasteiger charge is -2.28. The first-order valence-corrected chi connectivity index (χ1v) is 11.4. The molecule has 2 atom stereocenters. The van der Waals surface area contributed by atoms with Gasteiger partial charge in [-0.2, -0.15) is 0 Å². The zero-order valence-electron chi connectivity index (χ0n) is 18.9. The van der Waals surface area contributed by atoms with Crippen LogP contribution >= 0.6 is 12.2 Å². The summed E-state index contributed by atoms with van der Waals surface area (Å²) in [6, 6.07) is 18.3. The molecular formula is C26H26N6S. The van der Waals surface area contributed by atoms with Gasteiger partial charge in [-0.1, -0.05) is 18.2 Å². The molecule has 0 amide bonds. The number of nitrogens with zero attached hydrogens (tertiary/aromatic N) is 5. The maximum atomic E-state index is 5.82. The third-order valence-electron chi connectivity index (χ3n) is 6.17. The van der Waals surface area contributed by atoms with Gasteiger partial charge in [-0.3, -0.25) is 9.97 Å². The number of aryl methyl sites for hydroxylation is 2. The average Bonchev–Trinajstić information content (AvgIpc) is 3.31. The van der Waals surface area contributed by atoms with E-state index in [0.717, 1.165) is 34.2 Å².